The van der Waals surface area contributed by atoms with Crippen LogP contribution in [-0.4, -0.2) is 29.5 Å². The molecule has 0 aromatic heterocycles. The molecule has 1 rings (SSSR count). The molecular weight excluding hydrogens is 154 g/mol. The van der Waals surface area contributed by atoms with Gasteiger partial charge in [-0.15, -0.1) is 0 Å². The van der Waals surface area contributed by atoms with E-state index in [2.05, 4.69) is 0 Å². The average molecular weight is 173 g/mol. The van der Waals surface area contributed by atoms with Gasteiger partial charge in [-0.25, -0.2) is 0 Å². The first kappa shape index (κ1) is 9.96. The summed E-state index contributed by atoms with van der Waals surface area (Å²) in [6.07, 6.45) is 0.761. The predicted molar refractivity (Wildman–Crippen MR) is 47.8 cm³/mol. The highest BCUT2D eigenvalue weighted by atomic mass is 16.5. The fourth-order valence-electron chi connectivity index (χ4n) is 1.95. The van der Waals surface area contributed by atoms with E-state index in [1.165, 1.54) is 0 Å². The van der Waals surface area contributed by atoms with E-state index in [1.807, 2.05) is 20.8 Å². The van der Waals surface area contributed by atoms with E-state index in [0.29, 0.717) is 13.0 Å². The largest absolute Gasteiger partial charge is 0.387 e. The minimum Gasteiger partial charge on any atom is -0.387 e. The molecule has 1 aliphatic rings. The van der Waals surface area contributed by atoms with Crippen LogP contribution in [0.3, 0.4) is 0 Å². The van der Waals surface area contributed by atoms with Gasteiger partial charge in [0.25, 0.3) is 0 Å². The van der Waals surface area contributed by atoms with Gasteiger partial charge in [0.05, 0.1) is 17.8 Å². The second-order valence-corrected chi connectivity index (χ2v) is 3.92. The zero-order valence-electron chi connectivity index (χ0n) is 8.08. The van der Waals surface area contributed by atoms with Crippen LogP contribution in [0.15, 0.2) is 0 Å². The lowest BCUT2D eigenvalue weighted by Gasteiger charge is -2.31. The van der Waals surface area contributed by atoms with Gasteiger partial charge in [0.2, 0.25) is 0 Å². The maximum absolute atomic E-state index is 10.2. The van der Waals surface area contributed by atoms with Gasteiger partial charge >= 0.3 is 0 Å². The molecule has 12 heavy (non-hydrogen) atoms. The van der Waals surface area contributed by atoms with Crippen molar-refractivity contribution in [1.82, 2.24) is 0 Å². The van der Waals surface area contributed by atoms with Gasteiger partial charge in [-0.3, -0.25) is 0 Å². The number of nitrogens with two attached hydrogens (primary N) is 1. The number of rotatable bonds is 2. The van der Waals surface area contributed by atoms with Gasteiger partial charge in [0, 0.05) is 6.42 Å². The third-order valence-corrected chi connectivity index (χ3v) is 2.96. The van der Waals surface area contributed by atoms with Gasteiger partial charge in [-0.2, -0.15) is 0 Å². The zero-order chi connectivity index (χ0) is 9.35. The zero-order valence-corrected chi connectivity index (χ0v) is 8.08. The Morgan fingerprint density at radius 2 is 2.25 bits per heavy atom. The van der Waals surface area contributed by atoms with Crippen LogP contribution in [-0.2, 0) is 4.74 Å². The number of hydrogen-bond acceptors (Lipinski definition) is 3. The molecule has 0 aromatic rings. The molecule has 3 nitrogen and oxygen atoms in total. The second kappa shape index (κ2) is 3.32. The molecular formula is C9H19NO2. The number of hydrogen-bond donors (Lipinski definition) is 2. The Labute approximate surface area is 73.9 Å². The minimum atomic E-state index is -0.714. The van der Waals surface area contributed by atoms with Crippen molar-refractivity contribution >= 4 is 0 Å². The molecule has 1 aliphatic heterocycles. The van der Waals surface area contributed by atoms with Gasteiger partial charge < -0.3 is 15.6 Å². The highest BCUT2D eigenvalue weighted by Gasteiger charge is 2.46. The summed E-state index contributed by atoms with van der Waals surface area (Å²) in [5.41, 5.74) is 4.82. The Hall–Kier alpha value is -0.120. The van der Waals surface area contributed by atoms with Crippen molar-refractivity contribution in [3.05, 3.63) is 0 Å². The lowest BCUT2D eigenvalue weighted by Crippen LogP contribution is -2.45. The maximum Gasteiger partial charge on any atom is 0.0967 e. The highest BCUT2D eigenvalue weighted by Crippen LogP contribution is 2.35. The molecule has 0 saturated carbocycles. The molecule has 1 heterocycles. The predicted octanol–water partition coefficient (Wildman–Crippen LogP) is 0.510. The standard InChI is InChI=1S/C9H19NO2/c1-6(5-10)9(11)4-7(2)12-8(9)3/h6-8,11H,4-5,10H2,1-3H3. The molecule has 1 fully saturated rings. The quantitative estimate of drug-likeness (QED) is 0.639. The fraction of sp³-hybridized carbons (Fsp3) is 1.00. The summed E-state index contributed by atoms with van der Waals surface area (Å²) in [4.78, 5) is 0. The summed E-state index contributed by atoms with van der Waals surface area (Å²) >= 11 is 0. The molecule has 1 saturated heterocycles. The third-order valence-electron chi connectivity index (χ3n) is 2.96. The van der Waals surface area contributed by atoms with Crippen LogP contribution in [0.25, 0.3) is 0 Å². The summed E-state index contributed by atoms with van der Waals surface area (Å²) in [5, 5.41) is 10.2. The van der Waals surface area contributed by atoms with E-state index in [-0.39, 0.29) is 18.1 Å². The SMILES string of the molecule is CC1CC(O)(C(C)CN)C(C)O1. The number of aliphatic hydroxyl groups is 1. The first-order valence-electron chi connectivity index (χ1n) is 4.58. The van der Waals surface area contributed by atoms with Crippen molar-refractivity contribution in [2.24, 2.45) is 11.7 Å². The highest BCUT2D eigenvalue weighted by molar-refractivity contribution is 4.96. The van der Waals surface area contributed by atoms with Crippen molar-refractivity contribution in [1.29, 1.82) is 0 Å². The summed E-state index contributed by atoms with van der Waals surface area (Å²) in [6, 6.07) is 0. The molecule has 0 aliphatic carbocycles. The lowest BCUT2D eigenvalue weighted by atomic mass is 9.82. The van der Waals surface area contributed by atoms with E-state index < -0.39 is 5.60 Å². The summed E-state index contributed by atoms with van der Waals surface area (Å²) in [6.45, 7) is 6.38. The number of ether oxygens (including phenoxy) is 1. The van der Waals surface area contributed by atoms with E-state index in [0.717, 1.165) is 0 Å². The molecule has 0 amide bonds. The van der Waals surface area contributed by atoms with Gasteiger partial charge in [-0.1, -0.05) is 6.92 Å². The average Bonchev–Trinajstić information content (AvgIpc) is 2.26. The first-order chi connectivity index (χ1) is 5.50. The second-order valence-electron chi connectivity index (χ2n) is 3.92. The van der Waals surface area contributed by atoms with Crippen LogP contribution in [0.2, 0.25) is 0 Å². The first-order valence-corrected chi connectivity index (χ1v) is 4.58. The third kappa shape index (κ3) is 1.49. The summed E-state index contributed by atoms with van der Waals surface area (Å²) < 4.78 is 5.49. The Morgan fingerprint density at radius 3 is 2.58 bits per heavy atom. The molecule has 0 radical (unpaired) electrons. The molecule has 0 aromatic carbocycles. The van der Waals surface area contributed by atoms with E-state index in [1.54, 1.807) is 0 Å². The molecule has 3 N–H and O–H groups in total. The van der Waals surface area contributed by atoms with E-state index in [4.69, 9.17) is 10.5 Å². The molecule has 3 heteroatoms. The van der Waals surface area contributed by atoms with Crippen molar-refractivity contribution in [2.45, 2.75) is 45.0 Å². The maximum atomic E-state index is 10.2. The monoisotopic (exact) mass is 173 g/mol. The van der Waals surface area contributed by atoms with Crippen molar-refractivity contribution in [2.75, 3.05) is 6.54 Å². The minimum absolute atomic E-state index is 0.0916. The smallest absolute Gasteiger partial charge is 0.0967 e. The van der Waals surface area contributed by atoms with Crippen LogP contribution in [0.4, 0.5) is 0 Å². The summed E-state index contributed by atoms with van der Waals surface area (Å²) in [7, 11) is 0. The summed E-state index contributed by atoms with van der Waals surface area (Å²) in [5.74, 6) is 0.109. The molecule has 4 atom stereocenters. The Kier molecular flexibility index (Phi) is 2.76. The van der Waals surface area contributed by atoms with E-state index >= 15 is 0 Å². The Morgan fingerprint density at radius 1 is 1.67 bits per heavy atom. The molecule has 0 bridgehead atoms. The van der Waals surface area contributed by atoms with Crippen LogP contribution >= 0.6 is 0 Å². The normalized spacial score (nSPS) is 44.8. The van der Waals surface area contributed by atoms with Crippen LogP contribution < -0.4 is 5.73 Å². The van der Waals surface area contributed by atoms with E-state index in [9.17, 15) is 5.11 Å². The topological polar surface area (TPSA) is 55.5 Å². The molecule has 72 valence electrons. The van der Waals surface area contributed by atoms with Gasteiger partial charge in [0.1, 0.15) is 0 Å². The Bertz CT molecular complexity index is 157. The van der Waals surface area contributed by atoms with Crippen LogP contribution in [0, 0.1) is 5.92 Å². The van der Waals surface area contributed by atoms with Crippen molar-refractivity contribution in [3.63, 3.8) is 0 Å². The van der Waals surface area contributed by atoms with Crippen molar-refractivity contribution in [3.8, 4) is 0 Å². The van der Waals surface area contributed by atoms with Crippen LogP contribution in [0.1, 0.15) is 27.2 Å². The van der Waals surface area contributed by atoms with Crippen LogP contribution in [0.5, 0.6) is 0 Å². The Balaban J connectivity index is 2.70. The molecule has 0 spiro atoms. The molecule has 4 unspecified atom stereocenters. The lowest BCUT2D eigenvalue weighted by molar-refractivity contribution is -0.0659. The van der Waals surface area contributed by atoms with Crippen molar-refractivity contribution < 1.29 is 9.84 Å². The van der Waals surface area contributed by atoms with Gasteiger partial charge in [-0.05, 0) is 26.3 Å². The van der Waals surface area contributed by atoms with Gasteiger partial charge in [0.15, 0.2) is 0 Å². The fourth-order valence-corrected chi connectivity index (χ4v) is 1.95.